The maximum Gasteiger partial charge on any atom is 0.137 e. The van der Waals surface area contributed by atoms with Crippen molar-refractivity contribution in [2.45, 2.75) is 13.3 Å². The first-order chi connectivity index (χ1) is 10.2. The van der Waals surface area contributed by atoms with Gasteiger partial charge in [0, 0.05) is 18.2 Å². The molecule has 0 fully saturated rings. The molecule has 4 nitrogen and oxygen atoms in total. The van der Waals surface area contributed by atoms with Crippen molar-refractivity contribution in [3.05, 3.63) is 53.9 Å². The van der Waals surface area contributed by atoms with Gasteiger partial charge in [0.2, 0.25) is 0 Å². The minimum atomic E-state index is 0.587. The molecule has 0 aliphatic carbocycles. The lowest BCUT2D eigenvalue weighted by molar-refractivity contribution is 0.416. The summed E-state index contributed by atoms with van der Waals surface area (Å²) in [4.78, 5) is 4.80. The van der Waals surface area contributed by atoms with Crippen LogP contribution in [0.3, 0.4) is 0 Å². The van der Waals surface area contributed by atoms with Gasteiger partial charge in [-0.3, -0.25) is 0 Å². The van der Waals surface area contributed by atoms with Gasteiger partial charge in [-0.2, -0.15) is 0 Å². The van der Waals surface area contributed by atoms with Crippen molar-refractivity contribution in [3.63, 3.8) is 0 Å². The van der Waals surface area contributed by atoms with Crippen molar-refractivity contribution in [3.8, 4) is 17.0 Å². The van der Waals surface area contributed by atoms with E-state index in [0.717, 1.165) is 34.8 Å². The van der Waals surface area contributed by atoms with Crippen LogP contribution in [0.5, 0.6) is 5.75 Å². The number of hydrogen-bond donors (Lipinski definition) is 1. The second-order valence-corrected chi connectivity index (χ2v) is 5.08. The van der Waals surface area contributed by atoms with Gasteiger partial charge in [0.15, 0.2) is 0 Å². The van der Waals surface area contributed by atoms with Crippen LogP contribution in [0.25, 0.3) is 16.9 Å². The van der Waals surface area contributed by atoms with Gasteiger partial charge in [-0.05, 0) is 43.3 Å². The lowest BCUT2D eigenvalue weighted by Gasteiger charge is -2.08. The minimum Gasteiger partial charge on any atom is -0.496 e. The number of para-hydroxylation sites is 1. The van der Waals surface area contributed by atoms with Crippen LogP contribution in [0.1, 0.15) is 11.3 Å². The van der Waals surface area contributed by atoms with E-state index in [4.69, 9.17) is 15.5 Å². The number of benzene rings is 1. The summed E-state index contributed by atoms with van der Waals surface area (Å²) >= 11 is 0. The van der Waals surface area contributed by atoms with Crippen LogP contribution in [0.4, 0.5) is 0 Å². The molecule has 108 valence electrons. The van der Waals surface area contributed by atoms with E-state index < -0.39 is 0 Å². The lowest BCUT2D eigenvalue weighted by atomic mass is 10.1. The van der Waals surface area contributed by atoms with Crippen molar-refractivity contribution in [1.82, 2.24) is 9.38 Å². The first-order valence-corrected chi connectivity index (χ1v) is 7.05. The van der Waals surface area contributed by atoms with E-state index in [-0.39, 0.29) is 0 Å². The monoisotopic (exact) mass is 281 g/mol. The highest BCUT2D eigenvalue weighted by Crippen LogP contribution is 2.32. The average Bonchev–Trinajstić information content (AvgIpc) is 2.85. The molecule has 3 aromatic rings. The highest BCUT2D eigenvalue weighted by atomic mass is 16.5. The van der Waals surface area contributed by atoms with Gasteiger partial charge in [-0.25, -0.2) is 4.98 Å². The normalized spacial score (nSPS) is 11.0. The number of aromatic nitrogens is 2. The van der Waals surface area contributed by atoms with Crippen LogP contribution in [0, 0.1) is 6.92 Å². The maximum atomic E-state index is 5.79. The number of ether oxygens (including phenoxy) is 1. The molecule has 2 heterocycles. The van der Waals surface area contributed by atoms with Crippen LogP contribution in [0.15, 0.2) is 42.6 Å². The second kappa shape index (κ2) is 5.58. The van der Waals surface area contributed by atoms with Crippen molar-refractivity contribution >= 4 is 5.65 Å². The molecule has 1 aromatic carbocycles. The van der Waals surface area contributed by atoms with Crippen LogP contribution < -0.4 is 10.5 Å². The van der Waals surface area contributed by atoms with Crippen LogP contribution in [-0.2, 0) is 6.42 Å². The standard InChI is InChI=1S/C17H19N3O/c1-12-8-10-20-14(7-9-18)17(19-16(20)11-12)13-5-3-4-6-15(13)21-2/h3-6,8,10-11H,7,9,18H2,1-2H3. The van der Waals surface area contributed by atoms with E-state index in [0.29, 0.717) is 6.54 Å². The van der Waals surface area contributed by atoms with Crippen LogP contribution >= 0.6 is 0 Å². The third-order valence-corrected chi connectivity index (χ3v) is 3.62. The highest BCUT2D eigenvalue weighted by molar-refractivity contribution is 5.72. The fourth-order valence-corrected chi connectivity index (χ4v) is 2.63. The number of imidazole rings is 1. The zero-order valence-corrected chi connectivity index (χ0v) is 12.3. The molecule has 2 N–H and O–H groups in total. The molecular formula is C17H19N3O. The molecule has 0 bridgehead atoms. The molecular weight excluding hydrogens is 262 g/mol. The van der Waals surface area contributed by atoms with Gasteiger partial charge >= 0.3 is 0 Å². The number of aryl methyl sites for hydroxylation is 1. The fourth-order valence-electron chi connectivity index (χ4n) is 2.63. The Labute approximate surface area is 124 Å². The van der Waals surface area contributed by atoms with Gasteiger partial charge in [-0.1, -0.05) is 12.1 Å². The van der Waals surface area contributed by atoms with Crippen LogP contribution in [-0.4, -0.2) is 23.0 Å². The summed E-state index contributed by atoms with van der Waals surface area (Å²) < 4.78 is 7.58. The van der Waals surface area contributed by atoms with E-state index in [1.807, 2.05) is 24.3 Å². The van der Waals surface area contributed by atoms with Crippen molar-refractivity contribution in [2.24, 2.45) is 5.73 Å². The average molecular weight is 281 g/mol. The quantitative estimate of drug-likeness (QED) is 0.800. The van der Waals surface area contributed by atoms with E-state index >= 15 is 0 Å². The summed E-state index contributed by atoms with van der Waals surface area (Å²) in [5.41, 5.74) is 11.0. The van der Waals surface area contributed by atoms with E-state index in [9.17, 15) is 0 Å². The zero-order valence-electron chi connectivity index (χ0n) is 12.3. The Kier molecular flexibility index (Phi) is 3.62. The summed E-state index contributed by atoms with van der Waals surface area (Å²) in [7, 11) is 1.68. The topological polar surface area (TPSA) is 52.5 Å². The zero-order chi connectivity index (χ0) is 14.8. The first kappa shape index (κ1) is 13.6. The summed E-state index contributed by atoms with van der Waals surface area (Å²) in [6.07, 6.45) is 2.83. The first-order valence-electron chi connectivity index (χ1n) is 7.05. The summed E-state index contributed by atoms with van der Waals surface area (Å²) in [5.74, 6) is 0.830. The van der Waals surface area contributed by atoms with Crippen molar-refractivity contribution < 1.29 is 4.74 Å². The Hall–Kier alpha value is -2.33. The van der Waals surface area contributed by atoms with Gasteiger partial charge in [0.05, 0.1) is 18.5 Å². The Morgan fingerprint density at radius 3 is 2.81 bits per heavy atom. The number of hydrogen-bond acceptors (Lipinski definition) is 3. The molecule has 4 heteroatoms. The Morgan fingerprint density at radius 1 is 1.24 bits per heavy atom. The van der Waals surface area contributed by atoms with Crippen LogP contribution in [0.2, 0.25) is 0 Å². The van der Waals surface area contributed by atoms with Crippen molar-refractivity contribution in [1.29, 1.82) is 0 Å². The Balaban J connectivity index is 2.28. The number of rotatable bonds is 4. The number of nitrogens with zero attached hydrogens (tertiary/aromatic N) is 2. The number of pyridine rings is 1. The molecule has 21 heavy (non-hydrogen) atoms. The van der Waals surface area contributed by atoms with Gasteiger partial charge < -0.3 is 14.9 Å². The Bertz CT molecular complexity index is 777. The molecule has 0 spiro atoms. The summed E-state index contributed by atoms with van der Waals surface area (Å²) in [5, 5.41) is 0. The molecule has 0 saturated carbocycles. The van der Waals surface area contributed by atoms with E-state index in [2.05, 4.69) is 29.7 Å². The number of methoxy groups -OCH3 is 1. The number of fused-ring (bicyclic) bond motifs is 1. The molecule has 0 radical (unpaired) electrons. The third kappa shape index (κ3) is 2.38. The van der Waals surface area contributed by atoms with E-state index in [1.165, 1.54) is 5.56 Å². The van der Waals surface area contributed by atoms with Crippen molar-refractivity contribution in [2.75, 3.05) is 13.7 Å². The molecule has 0 aliphatic rings. The summed E-state index contributed by atoms with van der Waals surface area (Å²) in [6, 6.07) is 12.1. The predicted molar refractivity (Wildman–Crippen MR) is 84.7 cm³/mol. The molecule has 2 aromatic heterocycles. The lowest BCUT2D eigenvalue weighted by Crippen LogP contribution is -2.06. The second-order valence-electron chi connectivity index (χ2n) is 5.08. The highest BCUT2D eigenvalue weighted by Gasteiger charge is 2.16. The predicted octanol–water partition coefficient (Wildman–Crippen LogP) is 2.82. The van der Waals surface area contributed by atoms with Gasteiger partial charge in [-0.15, -0.1) is 0 Å². The molecule has 0 atom stereocenters. The number of nitrogens with two attached hydrogens (primary N) is 1. The maximum absolute atomic E-state index is 5.79. The Morgan fingerprint density at radius 2 is 2.05 bits per heavy atom. The SMILES string of the molecule is COc1ccccc1-c1nc2cc(C)ccn2c1CCN. The summed E-state index contributed by atoms with van der Waals surface area (Å²) in [6.45, 7) is 2.66. The molecule has 0 aliphatic heterocycles. The molecule has 0 unspecified atom stereocenters. The largest absolute Gasteiger partial charge is 0.496 e. The third-order valence-electron chi connectivity index (χ3n) is 3.62. The van der Waals surface area contributed by atoms with E-state index in [1.54, 1.807) is 7.11 Å². The molecule has 3 rings (SSSR count). The molecule has 0 saturated heterocycles. The van der Waals surface area contributed by atoms with Gasteiger partial charge in [0.25, 0.3) is 0 Å². The smallest absolute Gasteiger partial charge is 0.137 e. The fraction of sp³-hybridized carbons (Fsp3) is 0.235. The minimum absolute atomic E-state index is 0.587. The molecule has 0 amide bonds. The van der Waals surface area contributed by atoms with Gasteiger partial charge in [0.1, 0.15) is 11.4 Å².